The summed E-state index contributed by atoms with van der Waals surface area (Å²) in [7, 11) is -1.66. The molecule has 4 heteroatoms. The highest BCUT2D eigenvalue weighted by atomic mass is 28.3. The molecule has 0 radical (unpaired) electrons. The van der Waals surface area contributed by atoms with E-state index in [1.807, 2.05) is 6.92 Å². The van der Waals surface area contributed by atoms with E-state index < -0.39 is 9.28 Å². The lowest BCUT2D eigenvalue weighted by atomic mass is 10.2. The monoisotopic (exact) mass is 246 g/mol. The molecule has 0 aromatic heterocycles. The van der Waals surface area contributed by atoms with Crippen molar-refractivity contribution in [3.63, 3.8) is 0 Å². The van der Waals surface area contributed by atoms with Gasteiger partial charge in [0.2, 0.25) is 0 Å². The lowest BCUT2D eigenvalue weighted by molar-refractivity contribution is -0.119. The van der Waals surface area contributed by atoms with E-state index in [2.05, 4.69) is 27.7 Å². The molecule has 0 bridgehead atoms. The van der Waals surface area contributed by atoms with E-state index in [4.69, 9.17) is 8.85 Å². The van der Waals surface area contributed by atoms with Gasteiger partial charge >= 0.3 is 9.28 Å². The number of hydrogen-bond acceptors (Lipinski definition) is 3. The predicted octanol–water partition coefficient (Wildman–Crippen LogP) is 2.82. The molecule has 0 saturated carbocycles. The maximum atomic E-state index is 11.2. The van der Waals surface area contributed by atoms with E-state index in [1.165, 1.54) is 0 Å². The first-order valence-corrected chi connectivity index (χ1v) is 7.68. The van der Waals surface area contributed by atoms with Gasteiger partial charge in [-0.2, -0.15) is 0 Å². The van der Waals surface area contributed by atoms with E-state index in [0.717, 1.165) is 13.0 Å². The van der Waals surface area contributed by atoms with Crippen molar-refractivity contribution in [2.75, 3.05) is 13.2 Å². The summed E-state index contributed by atoms with van der Waals surface area (Å²) >= 11 is 0. The summed E-state index contributed by atoms with van der Waals surface area (Å²) in [6.07, 6.45) is 2.13. The van der Waals surface area contributed by atoms with Crippen LogP contribution < -0.4 is 0 Å². The van der Waals surface area contributed by atoms with Gasteiger partial charge in [0.1, 0.15) is 5.78 Å². The van der Waals surface area contributed by atoms with Crippen molar-refractivity contribution in [3.8, 4) is 0 Å². The lowest BCUT2D eigenvalue weighted by Crippen LogP contribution is -2.34. The van der Waals surface area contributed by atoms with Gasteiger partial charge in [-0.3, -0.25) is 4.79 Å². The van der Waals surface area contributed by atoms with Crippen molar-refractivity contribution < 1.29 is 13.6 Å². The Balaban J connectivity index is 3.97. The third kappa shape index (κ3) is 7.14. The average Bonchev–Trinajstić information content (AvgIpc) is 2.20. The number of carbonyl (C=O) groups is 1. The Hall–Kier alpha value is -0.193. The number of hydrogen-bond donors (Lipinski definition) is 0. The molecule has 0 aliphatic carbocycles. The van der Waals surface area contributed by atoms with Crippen molar-refractivity contribution in [2.24, 2.45) is 0 Å². The van der Waals surface area contributed by atoms with Gasteiger partial charge in [-0.05, 0) is 6.42 Å². The summed E-state index contributed by atoms with van der Waals surface area (Å²) in [6.45, 7) is 11.7. The third-order valence-electron chi connectivity index (χ3n) is 2.22. The SMILES string of the molecule is CCCO[SiH](OCCC(=O)CC)C(C)(C)C. The molecule has 0 aromatic rings. The van der Waals surface area contributed by atoms with Gasteiger partial charge in [-0.15, -0.1) is 0 Å². The van der Waals surface area contributed by atoms with Gasteiger partial charge in [0.15, 0.2) is 0 Å². The molecule has 1 atom stereocenters. The smallest absolute Gasteiger partial charge is 0.327 e. The largest absolute Gasteiger partial charge is 0.396 e. The normalized spacial score (nSPS) is 13.8. The maximum Gasteiger partial charge on any atom is 0.327 e. The molecule has 0 N–H and O–H groups in total. The molecule has 0 aliphatic heterocycles. The molecule has 0 saturated heterocycles. The second kappa shape index (κ2) is 7.98. The molecule has 96 valence electrons. The Kier molecular flexibility index (Phi) is 7.88. The van der Waals surface area contributed by atoms with Crippen molar-refractivity contribution >= 4 is 15.1 Å². The summed E-state index contributed by atoms with van der Waals surface area (Å²) in [5, 5.41) is 0.0877. The molecule has 0 aromatic carbocycles. The summed E-state index contributed by atoms with van der Waals surface area (Å²) in [5.41, 5.74) is 0. The summed E-state index contributed by atoms with van der Waals surface area (Å²) in [5.74, 6) is 0.261. The van der Waals surface area contributed by atoms with Crippen LogP contribution in [0.15, 0.2) is 0 Å². The standard InChI is InChI=1S/C12H26O3Si/c1-6-9-14-16(12(3,4)5)15-10-8-11(13)7-2/h16H,6-10H2,1-5H3. The van der Waals surface area contributed by atoms with Gasteiger partial charge in [-0.25, -0.2) is 0 Å². The van der Waals surface area contributed by atoms with Crippen LogP contribution in [0.4, 0.5) is 0 Å². The van der Waals surface area contributed by atoms with Crippen molar-refractivity contribution in [2.45, 2.75) is 58.9 Å². The Morgan fingerprint density at radius 3 is 2.12 bits per heavy atom. The average molecular weight is 246 g/mol. The van der Waals surface area contributed by atoms with Gasteiger partial charge in [0.25, 0.3) is 0 Å². The zero-order valence-electron chi connectivity index (χ0n) is 11.3. The highest BCUT2D eigenvalue weighted by molar-refractivity contribution is 6.48. The van der Waals surface area contributed by atoms with Crippen molar-refractivity contribution in [1.82, 2.24) is 0 Å². The van der Waals surface area contributed by atoms with Gasteiger partial charge < -0.3 is 8.85 Å². The molecular formula is C12H26O3Si. The minimum Gasteiger partial charge on any atom is -0.396 e. The van der Waals surface area contributed by atoms with E-state index in [0.29, 0.717) is 19.4 Å². The van der Waals surface area contributed by atoms with E-state index >= 15 is 0 Å². The summed E-state index contributed by atoms with van der Waals surface area (Å²) in [6, 6.07) is 0. The van der Waals surface area contributed by atoms with E-state index in [-0.39, 0.29) is 10.8 Å². The molecular weight excluding hydrogens is 220 g/mol. The molecule has 3 nitrogen and oxygen atoms in total. The van der Waals surface area contributed by atoms with Gasteiger partial charge in [-0.1, -0.05) is 34.6 Å². The van der Waals surface area contributed by atoms with Crippen LogP contribution in [0.3, 0.4) is 0 Å². The number of Topliss-reactive ketones (excluding diaryl/α,β-unsaturated/α-hetero) is 1. The number of rotatable bonds is 8. The first kappa shape index (κ1) is 15.8. The lowest BCUT2D eigenvalue weighted by Gasteiger charge is -2.28. The zero-order chi connectivity index (χ0) is 12.6. The van der Waals surface area contributed by atoms with E-state index in [9.17, 15) is 4.79 Å². The Morgan fingerprint density at radius 1 is 1.12 bits per heavy atom. The van der Waals surface area contributed by atoms with Crippen LogP contribution in [0.5, 0.6) is 0 Å². The molecule has 0 heterocycles. The highest BCUT2D eigenvalue weighted by Crippen LogP contribution is 2.28. The second-order valence-corrected chi connectivity index (χ2v) is 8.14. The fourth-order valence-electron chi connectivity index (χ4n) is 1.23. The Morgan fingerprint density at radius 2 is 1.69 bits per heavy atom. The molecule has 0 aliphatic rings. The Bertz CT molecular complexity index is 199. The summed E-state index contributed by atoms with van der Waals surface area (Å²) < 4.78 is 11.6. The molecule has 0 rings (SSSR count). The predicted molar refractivity (Wildman–Crippen MR) is 69.0 cm³/mol. The van der Waals surface area contributed by atoms with Crippen LogP contribution in [0, 0.1) is 0 Å². The van der Waals surface area contributed by atoms with Crippen LogP contribution in [-0.4, -0.2) is 28.3 Å². The molecule has 0 spiro atoms. The molecule has 0 amide bonds. The van der Waals surface area contributed by atoms with Gasteiger partial charge in [0.05, 0.1) is 0 Å². The number of ketones is 1. The first-order chi connectivity index (χ1) is 7.41. The fourth-order valence-corrected chi connectivity index (χ4v) is 3.11. The van der Waals surface area contributed by atoms with Crippen LogP contribution in [0.2, 0.25) is 5.04 Å². The fraction of sp³-hybridized carbons (Fsp3) is 0.917. The van der Waals surface area contributed by atoms with Crippen LogP contribution in [-0.2, 0) is 13.6 Å². The quantitative estimate of drug-likeness (QED) is 0.618. The molecule has 16 heavy (non-hydrogen) atoms. The van der Waals surface area contributed by atoms with Crippen LogP contribution in [0.1, 0.15) is 53.9 Å². The zero-order valence-corrected chi connectivity index (χ0v) is 12.5. The van der Waals surface area contributed by atoms with Crippen molar-refractivity contribution in [3.05, 3.63) is 0 Å². The third-order valence-corrected chi connectivity index (χ3v) is 4.72. The minimum absolute atomic E-state index is 0.0877. The summed E-state index contributed by atoms with van der Waals surface area (Å²) in [4.78, 5) is 11.2. The van der Waals surface area contributed by atoms with Gasteiger partial charge in [0, 0.05) is 31.1 Å². The second-order valence-electron chi connectivity index (χ2n) is 5.08. The van der Waals surface area contributed by atoms with E-state index in [1.54, 1.807) is 0 Å². The van der Waals surface area contributed by atoms with Crippen LogP contribution in [0.25, 0.3) is 0 Å². The maximum absolute atomic E-state index is 11.2. The highest BCUT2D eigenvalue weighted by Gasteiger charge is 2.29. The Labute approximate surface area is 101 Å². The first-order valence-electron chi connectivity index (χ1n) is 6.16. The number of carbonyl (C=O) groups excluding carboxylic acids is 1. The molecule has 0 fully saturated rings. The minimum atomic E-state index is -1.66. The van der Waals surface area contributed by atoms with Crippen LogP contribution >= 0.6 is 0 Å². The van der Waals surface area contributed by atoms with Crippen molar-refractivity contribution in [1.29, 1.82) is 0 Å². The molecule has 1 unspecified atom stereocenters. The topological polar surface area (TPSA) is 35.5 Å².